The highest BCUT2D eigenvalue weighted by Crippen LogP contribution is 2.32. The number of nitrogens with one attached hydrogen (secondary N) is 1. The predicted molar refractivity (Wildman–Crippen MR) is 67.7 cm³/mol. The molecule has 2 atom stereocenters. The molecule has 0 spiro atoms. The topological polar surface area (TPSA) is 66.4 Å². The van der Waals surface area contributed by atoms with Crippen molar-refractivity contribution in [1.29, 1.82) is 0 Å². The summed E-state index contributed by atoms with van der Waals surface area (Å²) in [5.41, 5.74) is -1.43. The lowest BCUT2D eigenvalue weighted by Crippen LogP contribution is -2.34. The fourth-order valence-corrected chi connectivity index (χ4v) is 2.53. The molecule has 7 heteroatoms. The molecule has 0 bridgehead atoms. The summed E-state index contributed by atoms with van der Waals surface area (Å²) in [6.45, 7) is 0. The molecule has 0 radical (unpaired) electrons. The molecule has 2 N–H and O–H groups in total. The number of carbonyl (C=O) groups excluding carboxylic acids is 1. The van der Waals surface area contributed by atoms with Gasteiger partial charge in [-0.25, -0.2) is 0 Å². The molecule has 1 aromatic carbocycles. The first-order valence-electron chi connectivity index (χ1n) is 6.49. The smallest absolute Gasteiger partial charge is 0.417 e. The molecule has 1 fully saturated rings. The average molecular weight is 301 g/mol. The van der Waals surface area contributed by atoms with Crippen LogP contribution in [0.25, 0.3) is 0 Å². The van der Waals surface area contributed by atoms with Gasteiger partial charge in [-0.3, -0.25) is 9.59 Å². The van der Waals surface area contributed by atoms with E-state index in [1.165, 1.54) is 12.1 Å². The molecule has 2 rings (SSSR count). The van der Waals surface area contributed by atoms with Gasteiger partial charge < -0.3 is 10.4 Å². The van der Waals surface area contributed by atoms with Gasteiger partial charge in [-0.15, -0.1) is 0 Å². The number of carboxylic acid groups (broad SMARTS) is 1. The Morgan fingerprint density at radius 2 is 1.86 bits per heavy atom. The molecule has 0 saturated heterocycles. The van der Waals surface area contributed by atoms with Gasteiger partial charge in [0, 0.05) is 6.04 Å². The van der Waals surface area contributed by atoms with E-state index in [4.69, 9.17) is 5.11 Å². The second-order valence-electron chi connectivity index (χ2n) is 5.06. The van der Waals surface area contributed by atoms with Crippen molar-refractivity contribution in [2.45, 2.75) is 31.5 Å². The van der Waals surface area contributed by atoms with Crippen molar-refractivity contribution in [1.82, 2.24) is 5.32 Å². The van der Waals surface area contributed by atoms with Gasteiger partial charge in [0.15, 0.2) is 0 Å². The summed E-state index contributed by atoms with van der Waals surface area (Å²) in [7, 11) is 0. The summed E-state index contributed by atoms with van der Waals surface area (Å²) in [4.78, 5) is 22.8. The maximum Gasteiger partial charge on any atom is 0.417 e. The van der Waals surface area contributed by atoms with E-state index in [0.717, 1.165) is 12.1 Å². The summed E-state index contributed by atoms with van der Waals surface area (Å²) < 4.78 is 38.5. The number of amides is 1. The molecule has 0 heterocycles. The van der Waals surface area contributed by atoms with Crippen LogP contribution < -0.4 is 5.32 Å². The minimum Gasteiger partial charge on any atom is -0.481 e. The lowest BCUT2D eigenvalue weighted by Gasteiger charge is -2.16. The van der Waals surface area contributed by atoms with Crippen molar-refractivity contribution in [3.63, 3.8) is 0 Å². The van der Waals surface area contributed by atoms with Crippen molar-refractivity contribution in [2.75, 3.05) is 0 Å². The quantitative estimate of drug-likeness (QED) is 0.902. The van der Waals surface area contributed by atoms with Crippen LogP contribution in [0, 0.1) is 5.92 Å². The molecule has 1 aliphatic carbocycles. The number of alkyl halides is 3. The van der Waals surface area contributed by atoms with Crippen LogP contribution in [-0.2, 0) is 11.0 Å². The summed E-state index contributed by atoms with van der Waals surface area (Å²) in [6.07, 6.45) is -3.49. The van der Waals surface area contributed by atoms with Crippen molar-refractivity contribution in [3.05, 3.63) is 35.4 Å². The van der Waals surface area contributed by atoms with Crippen LogP contribution in [0.5, 0.6) is 0 Å². The SMILES string of the molecule is O=C(N[C@H]1CC[C@@H](C(=O)O)C1)c1ccccc1C(F)(F)F. The molecule has 4 nitrogen and oxygen atoms in total. The van der Waals surface area contributed by atoms with E-state index in [2.05, 4.69) is 5.32 Å². The fourth-order valence-electron chi connectivity index (χ4n) is 2.53. The van der Waals surface area contributed by atoms with Crippen molar-refractivity contribution >= 4 is 11.9 Å². The maximum atomic E-state index is 12.8. The highest BCUT2D eigenvalue weighted by atomic mass is 19.4. The highest BCUT2D eigenvalue weighted by molar-refractivity contribution is 5.96. The summed E-state index contributed by atoms with van der Waals surface area (Å²) in [5.74, 6) is -2.31. The lowest BCUT2D eigenvalue weighted by atomic mass is 10.1. The van der Waals surface area contributed by atoms with Crippen LogP contribution in [-0.4, -0.2) is 23.0 Å². The first-order valence-corrected chi connectivity index (χ1v) is 6.49. The Bertz CT molecular complexity index is 557. The number of aliphatic carboxylic acids is 1. The zero-order valence-electron chi connectivity index (χ0n) is 11.0. The number of hydrogen-bond donors (Lipinski definition) is 2. The normalized spacial score (nSPS) is 22.0. The molecule has 1 aliphatic rings. The molecule has 1 aromatic rings. The van der Waals surface area contributed by atoms with Gasteiger partial charge in [0.1, 0.15) is 0 Å². The van der Waals surface area contributed by atoms with E-state index in [9.17, 15) is 22.8 Å². The third-order valence-corrected chi connectivity index (χ3v) is 3.59. The third kappa shape index (κ3) is 3.53. The van der Waals surface area contributed by atoms with Gasteiger partial charge in [0.25, 0.3) is 5.91 Å². The number of carbonyl (C=O) groups is 2. The first-order chi connectivity index (χ1) is 9.79. The number of carboxylic acids is 1. The van der Waals surface area contributed by atoms with Gasteiger partial charge in [-0.1, -0.05) is 12.1 Å². The van der Waals surface area contributed by atoms with Crippen LogP contribution in [0.3, 0.4) is 0 Å². The lowest BCUT2D eigenvalue weighted by molar-refractivity contribution is -0.141. The number of rotatable bonds is 3. The van der Waals surface area contributed by atoms with Gasteiger partial charge in [-0.05, 0) is 31.4 Å². The van der Waals surface area contributed by atoms with Crippen LogP contribution in [0.15, 0.2) is 24.3 Å². The Balaban J connectivity index is 2.10. The standard InChI is InChI=1S/C14H14F3NO3/c15-14(16,17)11-4-2-1-3-10(11)12(19)18-9-6-5-8(7-9)13(20)21/h1-4,8-9H,5-7H2,(H,18,19)(H,20,21)/t8-,9+/m1/s1. The van der Waals surface area contributed by atoms with Crippen molar-refractivity contribution in [2.24, 2.45) is 5.92 Å². The minimum atomic E-state index is -4.60. The summed E-state index contributed by atoms with van der Waals surface area (Å²) in [5, 5.41) is 11.4. The zero-order valence-corrected chi connectivity index (χ0v) is 11.0. The summed E-state index contributed by atoms with van der Waals surface area (Å²) >= 11 is 0. The molecular weight excluding hydrogens is 287 g/mol. The predicted octanol–water partition coefficient (Wildman–Crippen LogP) is 2.69. The number of benzene rings is 1. The molecule has 21 heavy (non-hydrogen) atoms. The van der Waals surface area contributed by atoms with E-state index < -0.39 is 41.1 Å². The van der Waals surface area contributed by atoms with Crippen molar-refractivity contribution in [3.8, 4) is 0 Å². The zero-order chi connectivity index (χ0) is 15.6. The van der Waals surface area contributed by atoms with E-state index >= 15 is 0 Å². The fraction of sp³-hybridized carbons (Fsp3) is 0.429. The van der Waals surface area contributed by atoms with E-state index in [1.54, 1.807) is 0 Å². The van der Waals surface area contributed by atoms with E-state index in [0.29, 0.717) is 12.8 Å². The molecule has 0 aliphatic heterocycles. The molecule has 1 saturated carbocycles. The minimum absolute atomic E-state index is 0.245. The Morgan fingerprint density at radius 3 is 2.43 bits per heavy atom. The van der Waals surface area contributed by atoms with Gasteiger partial charge in [-0.2, -0.15) is 13.2 Å². The Kier molecular flexibility index (Phi) is 4.20. The molecular formula is C14H14F3NO3. The molecule has 0 aromatic heterocycles. The highest BCUT2D eigenvalue weighted by Gasteiger charge is 2.36. The van der Waals surface area contributed by atoms with Crippen molar-refractivity contribution < 1.29 is 27.9 Å². The Hall–Kier alpha value is -2.05. The largest absolute Gasteiger partial charge is 0.481 e. The van der Waals surface area contributed by atoms with Crippen LogP contribution in [0.2, 0.25) is 0 Å². The first kappa shape index (κ1) is 15.3. The third-order valence-electron chi connectivity index (χ3n) is 3.59. The molecule has 0 unspecified atom stereocenters. The number of halogens is 3. The monoisotopic (exact) mass is 301 g/mol. The summed E-state index contributed by atoms with van der Waals surface area (Å²) in [6, 6.07) is 4.14. The maximum absolute atomic E-state index is 12.8. The van der Waals surface area contributed by atoms with E-state index in [1.807, 2.05) is 0 Å². The van der Waals surface area contributed by atoms with Crippen LogP contribution in [0.1, 0.15) is 35.2 Å². The Morgan fingerprint density at radius 1 is 1.19 bits per heavy atom. The van der Waals surface area contributed by atoms with Crippen LogP contribution in [0.4, 0.5) is 13.2 Å². The van der Waals surface area contributed by atoms with E-state index in [-0.39, 0.29) is 6.42 Å². The van der Waals surface area contributed by atoms with Crippen LogP contribution >= 0.6 is 0 Å². The second-order valence-corrected chi connectivity index (χ2v) is 5.06. The Labute approximate surface area is 119 Å². The molecule has 114 valence electrons. The second kappa shape index (κ2) is 5.75. The van der Waals surface area contributed by atoms with Gasteiger partial charge in [0.2, 0.25) is 0 Å². The average Bonchev–Trinajstić information content (AvgIpc) is 2.86. The van der Waals surface area contributed by atoms with Gasteiger partial charge >= 0.3 is 12.1 Å². The number of hydrogen-bond acceptors (Lipinski definition) is 2. The van der Waals surface area contributed by atoms with Gasteiger partial charge in [0.05, 0.1) is 17.0 Å². The molecule has 1 amide bonds.